The number of rotatable bonds is 6. The monoisotopic (exact) mass is 421 g/mol. The minimum absolute atomic E-state index is 0.0783. The molecule has 0 saturated heterocycles. The zero-order chi connectivity index (χ0) is 20.2. The molecular formula is C22H19N3O2S2. The predicted molar refractivity (Wildman–Crippen MR) is 120 cm³/mol. The first-order valence-electron chi connectivity index (χ1n) is 9.05. The Labute approximate surface area is 177 Å². The van der Waals surface area contributed by atoms with Gasteiger partial charge in [-0.2, -0.15) is 0 Å². The van der Waals surface area contributed by atoms with E-state index in [1.807, 2.05) is 49.4 Å². The van der Waals surface area contributed by atoms with E-state index in [1.165, 1.54) is 11.8 Å². The molecule has 2 heterocycles. The normalized spacial score (nSPS) is 11.9. The van der Waals surface area contributed by atoms with Crippen LogP contribution in [0.1, 0.15) is 6.92 Å². The lowest BCUT2D eigenvalue weighted by molar-refractivity contribution is -0.115. The van der Waals surface area contributed by atoms with Gasteiger partial charge in [-0.15, -0.1) is 11.3 Å². The molecule has 2 aromatic heterocycles. The summed E-state index contributed by atoms with van der Waals surface area (Å²) >= 11 is 3.06. The average Bonchev–Trinajstić information content (AvgIpc) is 3.20. The Kier molecular flexibility index (Phi) is 5.78. The molecule has 0 saturated carbocycles. The molecule has 0 bridgehead atoms. The number of nitrogens with zero attached hydrogens (tertiary/aromatic N) is 2. The maximum Gasteiger partial charge on any atom is 0.237 e. The lowest BCUT2D eigenvalue weighted by atomic mass is 10.2. The van der Waals surface area contributed by atoms with Gasteiger partial charge in [0.2, 0.25) is 5.91 Å². The van der Waals surface area contributed by atoms with Gasteiger partial charge in [-0.3, -0.25) is 4.79 Å². The highest BCUT2D eigenvalue weighted by Crippen LogP contribution is 2.37. The van der Waals surface area contributed by atoms with E-state index in [-0.39, 0.29) is 11.2 Å². The minimum atomic E-state index is -0.310. The molecule has 2 aromatic carbocycles. The van der Waals surface area contributed by atoms with Crippen molar-refractivity contribution in [1.82, 2.24) is 9.97 Å². The number of carbonyl (C=O) groups excluding carboxylic acids is 1. The Morgan fingerprint density at radius 2 is 1.86 bits per heavy atom. The molecule has 7 heteroatoms. The first-order valence-corrected chi connectivity index (χ1v) is 10.7. The zero-order valence-corrected chi connectivity index (χ0v) is 17.6. The number of thioether (sulfide) groups is 1. The first-order chi connectivity index (χ1) is 14.1. The van der Waals surface area contributed by atoms with Crippen LogP contribution in [-0.2, 0) is 4.79 Å². The van der Waals surface area contributed by atoms with Crippen molar-refractivity contribution in [3.05, 3.63) is 67.0 Å². The quantitative estimate of drug-likeness (QED) is 0.330. The van der Waals surface area contributed by atoms with Crippen LogP contribution in [0.2, 0.25) is 0 Å². The molecule has 4 rings (SSSR count). The fraction of sp³-hybridized carbons (Fsp3) is 0.136. The zero-order valence-electron chi connectivity index (χ0n) is 16.0. The highest BCUT2D eigenvalue weighted by molar-refractivity contribution is 8.00. The van der Waals surface area contributed by atoms with Gasteiger partial charge in [-0.05, 0) is 42.8 Å². The van der Waals surface area contributed by atoms with Crippen molar-refractivity contribution in [3.8, 4) is 16.2 Å². The Balaban J connectivity index is 1.52. The number of nitrogens with one attached hydrogen (secondary N) is 1. The largest absolute Gasteiger partial charge is 0.497 e. The van der Waals surface area contributed by atoms with E-state index in [4.69, 9.17) is 4.74 Å². The van der Waals surface area contributed by atoms with E-state index in [2.05, 4.69) is 33.5 Å². The van der Waals surface area contributed by atoms with E-state index < -0.39 is 0 Å². The summed E-state index contributed by atoms with van der Waals surface area (Å²) in [5, 5.41) is 4.41. The van der Waals surface area contributed by atoms with Crippen LogP contribution in [-0.4, -0.2) is 28.2 Å². The van der Waals surface area contributed by atoms with Gasteiger partial charge < -0.3 is 10.1 Å². The second-order valence-electron chi connectivity index (χ2n) is 6.35. The molecule has 29 heavy (non-hydrogen) atoms. The van der Waals surface area contributed by atoms with Crippen LogP contribution >= 0.6 is 23.1 Å². The standard InChI is InChI=1S/C22H19N3O2S2/c1-14(20(26)25-16-8-10-17(27-2)11-9-16)28-21-18-12-19(15-6-4-3-5-7-15)29-22(18)24-13-23-21/h3-14H,1-2H3,(H,25,26)/t14-/m1/s1. The van der Waals surface area contributed by atoms with Crippen LogP contribution in [0.3, 0.4) is 0 Å². The molecule has 0 fully saturated rings. The summed E-state index contributed by atoms with van der Waals surface area (Å²) in [6, 6.07) is 19.6. The SMILES string of the molecule is COc1ccc(NC(=O)[C@@H](C)Sc2ncnc3sc(-c4ccccc4)cc23)cc1. The summed E-state index contributed by atoms with van der Waals surface area (Å²) in [6.07, 6.45) is 1.56. The number of fused-ring (bicyclic) bond motifs is 1. The third kappa shape index (κ3) is 4.41. The topological polar surface area (TPSA) is 64.1 Å². The van der Waals surface area contributed by atoms with Gasteiger partial charge in [-0.1, -0.05) is 42.1 Å². The second-order valence-corrected chi connectivity index (χ2v) is 8.71. The molecule has 146 valence electrons. The molecule has 1 N–H and O–H groups in total. The van der Waals surface area contributed by atoms with Crippen molar-refractivity contribution in [3.63, 3.8) is 0 Å². The number of methoxy groups -OCH3 is 1. The number of anilines is 1. The fourth-order valence-electron chi connectivity index (χ4n) is 2.81. The molecule has 1 atom stereocenters. The molecular weight excluding hydrogens is 402 g/mol. The first kappa shape index (κ1) is 19.4. The average molecular weight is 422 g/mol. The molecule has 0 aliphatic carbocycles. The maximum absolute atomic E-state index is 12.6. The highest BCUT2D eigenvalue weighted by Gasteiger charge is 2.18. The predicted octanol–water partition coefficient (Wildman–Crippen LogP) is 5.49. The molecule has 0 aliphatic heterocycles. The Hall–Kier alpha value is -2.90. The van der Waals surface area contributed by atoms with Crippen LogP contribution < -0.4 is 10.1 Å². The number of hydrogen-bond acceptors (Lipinski definition) is 6. The number of ether oxygens (including phenoxy) is 1. The molecule has 1 amide bonds. The number of hydrogen-bond donors (Lipinski definition) is 1. The Bertz CT molecular complexity index is 1130. The van der Waals surface area contributed by atoms with Crippen LogP contribution in [0.25, 0.3) is 20.7 Å². The maximum atomic E-state index is 12.6. The van der Waals surface area contributed by atoms with Crippen molar-refractivity contribution in [2.24, 2.45) is 0 Å². The van der Waals surface area contributed by atoms with E-state index in [0.29, 0.717) is 0 Å². The van der Waals surface area contributed by atoms with Crippen LogP contribution in [0, 0.1) is 0 Å². The van der Waals surface area contributed by atoms with Gasteiger partial charge >= 0.3 is 0 Å². The van der Waals surface area contributed by atoms with Gasteiger partial charge in [0.15, 0.2) is 0 Å². The van der Waals surface area contributed by atoms with Crippen molar-refractivity contribution < 1.29 is 9.53 Å². The number of amides is 1. The summed E-state index contributed by atoms with van der Waals surface area (Å²) in [4.78, 5) is 23.5. The summed E-state index contributed by atoms with van der Waals surface area (Å²) in [5.41, 5.74) is 1.88. The third-order valence-electron chi connectivity index (χ3n) is 4.37. The molecule has 0 radical (unpaired) electrons. The van der Waals surface area contributed by atoms with Gasteiger partial charge in [0.05, 0.1) is 12.4 Å². The van der Waals surface area contributed by atoms with E-state index in [9.17, 15) is 4.79 Å². The number of aromatic nitrogens is 2. The van der Waals surface area contributed by atoms with Gasteiger partial charge in [0.1, 0.15) is 21.9 Å². The minimum Gasteiger partial charge on any atom is -0.497 e. The summed E-state index contributed by atoms with van der Waals surface area (Å²) < 4.78 is 5.15. The summed E-state index contributed by atoms with van der Waals surface area (Å²) in [7, 11) is 1.61. The van der Waals surface area contributed by atoms with Gasteiger partial charge in [-0.25, -0.2) is 9.97 Å². The van der Waals surface area contributed by atoms with Crippen molar-refractivity contribution in [2.45, 2.75) is 17.2 Å². The molecule has 4 aromatic rings. The molecule has 5 nitrogen and oxygen atoms in total. The van der Waals surface area contributed by atoms with Crippen LogP contribution in [0.15, 0.2) is 72.0 Å². The Morgan fingerprint density at radius 1 is 1.10 bits per heavy atom. The van der Waals surface area contributed by atoms with Crippen LogP contribution in [0.4, 0.5) is 5.69 Å². The lowest BCUT2D eigenvalue weighted by Gasteiger charge is -2.12. The number of thiophene rings is 1. The second kappa shape index (κ2) is 8.63. The van der Waals surface area contributed by atoms with Crippen LogP contribution in [0.5, 0.6) is 5.75 Å². The lowest BCUT2D eigenvalue weighted by Crippen LogP contribution is -2.22. The van der Waals surface area contributed by atoms with E-state index in [1.54, 1.807) is 24.8 Å². The fourth-order valence-corrected chi connectivity index (χ4v) is 4.77. The molecule has 0 aliphatic rings. The molecule has 0 spiro atoms. The van der Waals surface area contributed by atoms with E-state index in [0.717, 1.165) is 37.1 Å². The molecule has 0 unspecified atom stereocenters. The smallest absolute Gasteiger partial charge is 0.237 e. The van der Waals surface area contributed by atoms with Crippen molar-refractivity contribution in [2.75, 3.05) is 12.4 Å². The van der Waals surface area contributed by atoms with E-state index >= 15 is 0 Å². The van der Waals surface area contributed by atoms with Crippen molar-refractivity contribution >= 4 is 44.9 Å². The van der Waals surface area contributed by atoms with Crippen molar-refractivity contribution in [1.29, 1.82) is 0 Å². The van der Waals surface area contributed by atoms with Gasteiger partial charge in [0, 0.05) is 16.0 Å². The Morgan fingerprint density at radius 3 is 2.59 bits per heavy atom. The van der Waals surface area contributed by atoms with Gasteiger partial charge in [0.25, 0.3) is 0 Å². The summed E-state index contributed by atoms with van der Waals surface area (Å²) in [5.74, 6) is 0.672. The highest BCUT2D eigenvalue weighted by atomic mass is 32.2. The number of benzene rings is 2. The number of carbonyl (C=O) groups is 1. The summed E-state index contributed by atoms with van der Waals surface area (Å²) in [6.45, 7) is 1.88. The third-order valence-corrected chi connectivity index (χ3v) is 6.57.